The summed E-state index contributed by atoms with van der Waals surface area (Å²) in [6, 6.07) is 6.02. The first kappa shape index (κ1) is 14.5. The van der Waals surface area contributed by atoms with Gasteiger partial charge in [0.05, 0.1) is 13.7 Å². The highest BCUT2D eigenvalue weighted by atomic mass is 16.5. The summed E-state index contributed by atoms with van der Waals surface area (Å²) in [4.78, 5) is 11.4. The number of aryl methyl sites for hydroxylation is 1. The summed E-state index contributed by atoms with van der Waals surface area (Å²) in [5, 5.41) is 5.95. The van der Waals surface area contributed by atoms with Gasteiger partial charge >= 0.3 is 0 Å². The smallest absolute Gasteiger partial charge is 0.233 e. The molecule has 0 heterocycles. The minimum atomic E-state index is 0.0310. The molecule has 4 heteroatoms. The van der Waals surface area contributed by atoms with Crippen molar-refractivity contribution in [2.24, 2.45) is 0 Å². The third-order valence-corrected chi connectivity index (χ3v) is 2.61. The van der Waals surface area contributed by atoms with Gasteiger partial charge in [-0.3, -0.25) is 4.79 Å². The van der Waals surface area contributed by atoms with Gasteiger partial charge in [0, 0.05) is 18.7 Å². The second-order valence-electron chi connectivity index (χ2n) is 4.27. The monoisotopic (exact) mass is 250 g/mol. The fraction of sp³-hybridized carbons (Fsp3) is 0.500. The van der Waals surface area contributed by atoms with E-state index in [9.17, 15) is 4.79 Å². The highest BCUT2D eigenvalue weighted by molar-refractivity contribution is 5.77. The van der Waals surface area contributed by atoms with Crippen LogP contribution in [0.2, 0.25) is 0 Å². The lowest BCUT2D eigenvalue weighted by molar-refractivity contribution is -0.120. The number of rotatable bonds is 7. The van der Waals surface area contributed by atoms with Gasteiger partial charge in [-0.1, -0.05) is 24.6 Å². The van der Waals surface area contributed by atoms with Gasteiger partial charge in [0.25, 0.3) is 0 Å². The molecular formula is C14H22N2O2. The highest BCUT2D eigenvalue weighted by Crippen LogP contribution is 2.19. The van der Waals surface area contributed by atoms with E-state index in [1.54, 1.807) is 7.11 Å². The van der Waals surface area contributed by atoms with Gasteiger partial charge in [-0.15, -0.1) is 0 Å². The predicted molar refractivity (Wildman–Crippen MR) is 72.7 cm³/mol. The number of amides is 1. The van der Waals surface area contributed by atoms with Gasteiger partial charge in [0.2, 0.25) is 5.91 Å². The second-order valence-corrected chi connectivity index (χ2v) is 4.27. The summed E-state index contributed by atoms with van der Waals surface area (Å²) in [6.07, 6.45) is 0.956. The molecule has 100 valence electrons. The zero-order valence-corrected chi connectivity index (χ0v) is 11.4. The number of benzene rings is 1. The van der Waals surface area contributed by atoms with Crippen molar-refractivity contribution >= 4 is 5.91 Å². The number of carbonyl (C=O) groups is 1. The van der Waals surface area contributed by atoms with Crippen molar-refractivity contribution in [1.82, 2.24) is 10.6 Å². The minimum absolute atomic E-state index is 0.0310. The van der Waals surface area contributed by atoms with Crippen LogP contribution in [0, 0.1) is 6.92 Å². The molecule has 0 bridgehead atoms. The summed E-state index contributed by atoms with van der Waals surface area (Å²) in [7, 11) is 1.65. The Morgan fingerprint density at radius 2 is 2.17 bits per heavy atom. The van der Waals surface area contributed by atoms with Crippen molar-refractivity contribution in [3.63, 3.8) is 0 Å². The Kier molecular flexibility index (Phi) is 6.22. The van der Waals surface area contributed by atoms with Crippen LogP contribution in [0.25, 0.3) is 0 Å². The average molecular weight is 250 g/mol. The maximum absolute atomic E-state index is 11.4. The third kappa shape index (κ3) is 4.75. The fourth-order valence-corrected chi connectivity index (χ4v) is 1.68. The molecule has 0 atom stereocenters. The molecule has 0 aromatic heterocycles. The number of hydrogen-bond acceptors (Lipinski definition) is 3. The lowest BCUT2D eigenvalue weighted by Gasteiger charge is -2.10. The van der Waals surface area contributed by atoms with Crippen LogP contribution in [0.5, 0.6) is 5.75 Å². The molecule has 4 nitrogen and oxygen atoms in total. The minimum Gasteiger partial charge on any atom is -0.496 e. The predicted octanol–water partition coefficient (Wildman–Crippen LogP) is 1.62. The quantitative estimate of drug-likeness (QED) is 0.773. The summed E-state index contributed by atoms with van der Waals surface area (Å²) in [5.74, 6) is 0.880. The summed E-state index contributed by atoms with van der Waals surface area (Å²) >= 11 is 0. The van der Waals surface area contributed by atoms with E-state index in [2.05, 4.69) is 16.7 Å². The molecular weight excluding hydrogens is 228 g/mol. The molecule has 1 amide bonds. The molecule has 1 aromatic rings. The Bertz CT molecular complexity index is 391. The van der Waals surface area contributed by atoms with E-state index in [1.807, 2.05) is 26.0 Å². The molecule has 18 heavy (non-hydrogen) atoms. The Balaban J connectivity index is 2.43. The standard InChI is InChI=1S/C14H22N2O2/c1-4-7-16-14(17)10-15-9-12-8-11(2)5-6-13(12)18-3/h5-6,8,15H,4,7,9-10H2,1-3H3,(H,16,17). The molecule has 1 rings (SSSR count). The van der Waals surface area contributed by atoms with Gasteiger partial charge in [-0.05, 0) is 19.4 Å². The zero-order chi connectivity index (χ0) is 13.4. The first-order chi connectivity index (χ1) is 8.67. The molecule has 0 radical (unpaired) electrons. The van der Waals surface area contributed by atoms with Gasteiger partial charge in [0.1, 0.15) is 5.75 Å². The molecule has 0 saturated heterocycles. The largest absolute Gasteiger partial charge is 0.496 e. The van der Waals surface area contributed by atoms with Crippen molar-refractivity contribution in [1.29, 1.82) is 0 Å². The maximum Gasteiger partial charge on any atom is 0.233 e. The normalized spacial score (nSPS) is 10.2. The molecule has 1 aromatic carbocycles. The fourth-order valence-electron chi connectivity index (χ4n) is 1.68. The molecule has 0 spiro atoms. The van der Waals surface area contributed by atoms with E-state index >= 15 is 0 Å². The lowest BCUT2D eigenvalue weighted by Crippen LogP contribution is -2.34. The molecule has 0 saturated carbocycles. The number of hydrogen-bond donors (Lipinski definition) is 2. The summed E-state index contributed by atoms with van der Waals surface area (Å²) < 4.78 is 5.28. The summed E-state index contributed by atoms with van der Waals surface area (Å²) in [5.41, 5.74) is 2.25. The highest BCUT2D eigenvalue weighted by Gasteiger charge is 2.04. The van der Waals surface area contributed by atoms with E-state index < -0.39 is 0 Å². The lowest BCUT2D eigenvalue weighted by atomic mass is 10.1. The Morgan fingerprint density at radius 1 is 1.39 bits per heavy atom. The second kappa shape index (κ2) is 7.71. The molecule has 0 aliphatic rings. The molecule has 0 fully saturated rings. The Hall–Kier alpha value is -1.55. The van der Waals surface area contributed by atoms with Gasteiger partial charge in [-0.25, -0.2) is 0 Å². The molecule has 2 N–H and O–H groups in total. The number of methoxy groups -OCH3 is 1. The summed E-state index contributed by atoms with van der Waals surface area (Å²) in [6.45, 7) is 5.76. The van der Waals surface area contributed by atoms with E-state index in [0.717, 1.165) is 24.3 Å². The van der Waals surface area contributed by atoms with Crippen molar-refractivity contribution in [2.75, 3.05) is 20.2 Å². The van der Waals surface area contributed by atoms with E-state index in [1.165, 1.54) is 5.56 Å². The molecule has 0 aliphatic heterocycles. The topological polar surface area (TPSA) is 50.4 Å². The molecule has 0 unspecified atom stereocenters. The van der Waals surface area contributed by atoms with Gasteiger partial charge in [-0.2, -0.15) is 0 Å². The van der Waals surface area contributed by atoms with E-state index in [0.29, 0.717) is 13.1 Å². The third-order valence-electron chi connectivity index (χ3n) is 2.61. The number of nitrogens with one attached hydrogen (secondary N) is 2. The van der Waals surface area contributed by atoms with Crippen molar-refractivity contribution < 1.29 is 9.53 Å². The van der Waals surface area contributed by atoms with Crippen LogP contribution in [0.3, 0.4) is 0 Å². The first-order valence-corrected chi connectivity index (χ1v) is 6.28. The number of carbonyl (C=O) groups excluding carboxylic acids is 1. The van der Waals surface area contributed by atoms with Crippen LogP contribution in [0.15, 0.2) is 18.2 Å². The number of ether oxygens (including phenoxy) is 1. The average Bonchev–Trinajstić information content (AvgIpc) is 2.36. The Labute approximate surface area is 109 Å². The van der Waals surface area contributed by atoms with Crippen LogP contribution < -0.4 is 15.4 Å². The van der Waals surface area contributed by atoms with Crippen LogP contribution in [0.1, 0.15) is 24.5 Å². The Morgan fingerprint density at radius 3 is 2.83 bits per heavy atom. The SMILES string of the molecule is CCCNC(=O)CNCc1cc(C)ccc1OC. The van der Waals surface area contributed by atoms with Crippen LogP contribution >= 0.6 is 0 Å². The maximum atomic E-state index is 11.4. The zero-order valence-electron chi connectivity index (χ0n) is 11.4. The van der Waals surface area contributed by atoms with Crippen molar-refractivity contribution in [2.45, 2.75) is 26.8 Å². The van der Waals surface area contributed by atoms with Crippen LogP contribution in [0.4, 0.5) is 0 Å². The molecule has 0 aliphatic carbocycles. The van der Waals surface area contributed by atoms with E-state index in [4.69, 9.17) is 4.74 Å². The van der Waals surface area contributed by atoms with Gasteiger partial charge in [0.15, 0.2) is 0 Å². The van der Waals surface area contributed by atoms with Crippen LogP contribution in [-0.2, 0) is 11.3 Å². The van der Waals surface area contributed by atoms with Crippen LogP contribution in [-0.4, -0.2) is 26.1 Å². The van der Waals surface area contributed by atoms with Gasteiger partial charge < -0.3 is 15.4 Å². The first-order valence-electron chi connectivity index (χ1n) is 6.28. The van der Waals surface area contributed by atoms with Crippen molar-refractivity contribution in [3.8, 4) is 5.75 Å². The van der Waals surface area contributed by atoms with Crippen molar-refractivity contribution in [3.05, 3.63) is 29.3 Å². The van der Waals surface area contributed by atoms with E-state index in [-0.39, 0.29) is 5.91 Å².